The highest BCUT2D eigenvalue weighted by molar-refractivity contribution is 6.31. The Hall–Kier alpha value is -3.64. The Balaban J connectivity index is 1.60. The lowest BCUT2D eigenvalue weighted by Crippen LogP contribution is -2.34. The summed E-state index contributed by atoms with van der Waals surface area (Å²) >= 11 is 6.55. The van der Waals surface area contributed by atoms with E-state index in [2.05, 4.69) is 23.5 Å². The van der Waals surface area contributed by atoms with Crippen molar-refractivity contribution >= 4 is 34.6 Å². The van der Waals surface area contributed by atoms with E-state index in [0.717, 1.165) is 23.4 Å². The van der Waals surface area contributed by atoms with Gasteiger partial charge in [0.15, 0.2) is 0 Å². The highest BCUT2D eigenvalue weighted by atomic mass is 35.5. The summed E-state index contributed by atoms with van der Waals surface area (Å²) in [4.78, 5) is 26.5. The van der Waals surface area contributed by atoms with Gasteiger partial charge in [-0.3, -0.25) is 14.9 Å². The average molecular weight is 474 g/mol. The van der Waals surface area contributed by atoms with Gasteiger partial charge in [0.2, 0.25) is 0 Å². The summed E-state index contributed by atoms with van der Waals surface area (Å²) < 4.78 is 0. The second kappa shape index (κ2) is 8.95. The number of carbonyl (C=O) groups is 1. The molecule has 0 saturated heterocycles. The second-order valence-electron chi connectivity index (χ2n) is 8.59. The van der Waals surface area contributed by atoms with Crippen LogP contribution in [0, 0.1) is 16.0 Å². The van der Waals surface area contributed by atoms with Crippen molar-refractivity contribution in [1.82, 2.24) is 0 Å². The Bertz CT molecular complexity index is 1290. The average Bonchev–Trinajstić information content (AvgIpc) is 3.35. The van der Waals surface area contributed by atoms with Crippen molar-refractivity contribution in [3.8, 4) is 0 Å². The summed E-state index contributed by atoms with van der Waals surface area (Å²) in [6, 6.07) is 19.7. The second-order valence-corrected chi connectivity index (χ2v) is 9.00. The molecule has 1 N–H and O–H groups in total. The van der Waals surface area contributed by atoms with E-state index < -0.39 is 4.92 Å². The number of amides is 1. The molecular weight excluding hydrogens is 450 g/mol. The third-order valence-corrected chi connectivity index (χ3v) is 7.13. The van der Waals surface area contributed by atoms with Gasteiger partial charge < -0.3 is 10.2 Å². The molecule has 0 bridgehead atoms. The molecule has 1 aliphatic carbocycles. The molecule has 172 valence electrons. The molecule has 7 heteroatoms. The van der Waals surface area contributed by atoms with E-state index in [1.807, 2.05) is 49.4 Å². The number of benzene rings is 3. The molecule has 1 aliphatic heterocycles. The quantitative estimate of drug-likeness (QED) is 0.253. The molecule has 3 aromatic rings. The van der Waals surface area contributed by atoms with Crippen molar-refractivity contribution in [3.63, 3.8) is 0 Å². The molecule has 0 spiro atoms. The molecule has 5 rings (SSSR count). The van der Waals surface area contributed by atoms with Gasteiger partial charge in [0.05, 0.1) is 22.2 Å². The standard InChI is InChI=1S/C27H24ClN3O3/c1-2-30(17-8-4-3-5-9-17)27(32)22-13-7-12-20-19-10-6-11-21(19)26(29-25(20)22)23-16-18(31(33)34)14-15-24(23)28/h3-10,12-16,19,21,26,29H,2,11H2,1H3. The number of hydrogen-bond acceptors (Lipinski definition) is 4. The van der Waals surface area contributed by atoms with Crippen molar-refractivity contribution in [2.75, 3.05) is 16.8 Å². The van der Waals surface area contributed by atoms with E-state index in [0.29, 0.717) is 22.7 Å². The van der Waals surface area contributed by atoms with Crippen molar-refractivity contribution in [1.29, 1.82) is 0 Å². The van der Waals surface area contributed by atoms with Crippen LogP contribution in [0.1, 0.15) is 46.8 Å². The molecular formula is C27H24ClN3O3. The van der Waals surface area contributed by atoms with E-state index in [4.69, 9.17) is 11.6 Å². The topological polar surface area (TPSA) is 75.5 Å². The molecule has 3 atom stereocenters. The molecule has 2 aliphatic rings. The fraction of sp³-hybridized carbons (Fsp3) is 0.222. The van der Waals surface area contributed by atoms with Crippen LogP contribution in [-0.2, 0) is 0 Å². The zero-order chi connectivity index (χ0) is 23.8. The van der Waals surface area contributed by atoms with Crippen LogP contribution in [0.25, 0.3) is 0 Å². The predicted molar refractivity (Wildman–Crippen MR) is 135 cm³/mol. The van der Waals surface area contributed by atoms with Gasteiger partial charge in [-0.25, -0.2) is 0 Å². The molecule has 34 heavy (non-hydrogen) atoms. The first-order valence-electron chi connectivity index (χ1n) is 11.4. The van der Waals surface area contributed by atoms with Crippen LogP contribution in [0.2, 0.25) is 5.02 Å². The molecule has 1 amide bonds. The predicted octanol–water partition coefficient (Wildman–Crippen LogP) is 6.74. The summed E-state index contributed by atoms with van der Waals surface area (Å²) in [6.07, 6.45) is 5.14. The van der Waals surface area contributed by atoms with Gasteiger partial charge in [0.25, 0.3) is 11.6 Å². The number of fused-ring (bicyclic) bond motifs is 3. The van der Waals surface area contributed by atoms with Gasteiger partial charge in [-0.2, -0.15) is 0 Å². The van der Waals surface area contributed by atoms with Gasteiger partial charge in [0, 0.05) is 40.9 Å². The highest BCUT2D eigenvalue weighted by Gasteiger charge is 2.40. The lowest BCUT2D eigenvalue weighted by Gasteiger charge is -2.39. The summed E-state index contributed by atoms with van der Waals surface area (Å²) in [5, 5.41) is 15.5. The molecule has 6 nitrogen and oxygen atoms in total. The van der Waals surface area contributed by atoms with Crippen LogP contribution in [0.3, 0.4) is 0 Å². The van der Waals surface area contributed by atoms with Gasteiger partial charge in [0.1, 0.15) is 0 Å². The number of allylic oxidation sites excluding steroid dienone is 2. The Kier molecular flexibility index (Phi) is 5.84. The number of nitrogens with one attached hydrogen (secondary N) is 1. The van der Waals surface area contributed by atoms with Crippen LogP contribution in [0.5, 0.6) is 0 Å². The van der Waals surface area contributed by atoms with Gasteiger partial charge in [-0.05, 0) is 49.1 Å². The number of halogens is 1. The fourth-order valence-corrected chi connectivity index (χ4v) is 5.42. The minimum atomic E-state index is -0.408. The lowest BCUT2D eigenvalue weighted by atomic mass is 9.76. The molecule has 1 heterocycles. The normalized spacial score (nSPS) is 20.2. The number of nitro groups is 1. The molecule has 0 fully saturated rings. The van der Waals surface area contributed by atoms with Crippen molar-refractivity contribution in [2.45, 2.75) is 25.3 Å². The highest BCUT2D eigenvalue weighted by Crippen LogP contribution is 2.52. The zero-order valence-corrected chi connectivity index (χ0v) is 19.4. The lowest BCUT2D eigenvalue weighted by molar-refractivity contribution is -0.384. The van der Waals surface area contributed by atoms with Gasteiger partial charge >= 0.3 is 0 Å². The smallest absolute Gasteiger partial charge is 0.269 e. The number of nitro benzene ring substituents is 1. The first-order chi connectivity index (χ1) is 16.5. The van der Waals surface area contributed by atoms with Crippen LogP contribution in [0.15, 0.2) is 78.9 Å². The molecule has 3 aromatic carbocycles. The third kappa shape index (κ3) is 3.74. The summed E-state index contributed by atoms with van der Waals surface area (Å²) in [6.45, 7) is 2.48. The van der Waals surface area contributed by atoms with E-state index in [1.54, 1.807) is 17.0 Å². The Morgan fingerprint density at radius 2 is 1.91 bits per heavy atom. The number of hydrogen-bond donors (Lipinski definition) is 1. The van der Waals surface area contributed by atoms with Crippen molar-refractivity contribution in [3.05, 3.63) is 111 Å². The van der Waals surface area contributed by atoms with Crippen molar-refractivity contribution in [2.24, 2.45) is 5.92 Å². The van der Waals surface area contributed by atoms with E-state index in [9.17, 15) is 14.9 Å². The maximum atomic E-state index is 13.7. The van der Waals surface area contributed by atoms with E-state index in [-0.39, 0.29) is 29.5 Å². The molecule has 0 aromatic heterocycles. The van der Waals surface area contributed by atoms with Crippen LogP contribution in [-0.4, -0.2) is 17.4 Å². The fourth-order valence-electron chi connectivity index (χ4n) is 5.19. The van der Waals surface area contributed by atoms with Crippen LogP contribution in [0.4, 0.5) is 17.1 Å². The first kappa shape index (κ1) is 22.2. The minimum Gasteiger partial charge on any atom is -0.377 e. The SMILES string of the molecule is CCN(C(=O)c1cccc2c1NC(c1cc([N+](=O)[O-])ccc1Cl)C1CC=CC21)c1ccccc1. The molecule has 3 unspecified atom stereocenters. The van der Waals surface area contributed by atoms with Gasteiger partial charge in [-0.1, -0.05) is 54.1 Å². The molecule has 0 saturated carbocycles. The largest absolute Gasteiger partial charge is 0.377 e. The maximum Gasteiger partial charge on any atom is 0.269 e. The van der Waals surface area contributed by atoms with Crippen LogP contribution >= 0.6 is 11.6 Å². The minimum absolute atomic E-state index is 0.0000929. The number of anilines is 2. The number of nitrogens with zero attached hydrogens (tertiary/aromatic N) is 2. The number of rotatable bonds is 5. The number of para-hydroxylation sites is 2. The van der Waals surface area contributed by atoms with Gasteiger partial charge in [-0.15, -0.1) is 0 Å². The Morgan fingerprint density at radius 1 is 1.12 bits per heavy atom. The zero-order valence-electron chi connectivity index (χ0n) is 18.6. The van der Waals surface area contributed by atoms with Crippen LogP contribution < -0.4 is 10.2 Å². The summed E-state index contributed by atoms with van der Waals surface area (Å²) in [5.74, 6) is 0.146. The number of carbonyl (C=O) groups excluding carboxylic acids is 1. The van der Waals surface area contributed by atoms with Crippen molar-refractivity contribution < 1.29 is 9.72 Å². The van der Waals surface area contributed by atoms with E-state index >= 15 is 0 Å². The summed E-state index contributed by atoms with van der Waals surface area (Å²) in [5.41, 5.74) is 3.92. The Labute approximate surface area is 203 Å². The monoisotopic (exact) mass is 473 g/mol. The Morgan fingerprint density at radius 3 is 2.65 bits per heavy atom. The first-order valence-corrected chi connectivity index (χ1v) is 11.7. The summed E-state index contributed by atoms with van der Waals surface area (Å²) in [7, 11) is 0. The van der Waals surface area contributed by atoms with E-state index in [1.165, 1.54) is 6.07 Å². The molecule has 0 radical (unpaired) electrons. The maximum absolute atomic E-state index is 13.7. The number of non-ortho nitro benzene ring substituents is 1. The third-order valence-electron chi connectivity index (χ3n) is 6.78.